The van der Waals surface area contributed by atoms with E-state index in [4.69, 9.17) is 11.6 Å². The summed E-state index contributed by atoms with van der Waals surface area (Å²) in [6.07, 6.45) is 2.01. The van der Waals surface area contributed by atoms with Crippen LogP contribution in [0.1, 0.15) is 44.2 Å². The summed E-state index contributed by atoms with van der Waals surface area (Å²) in [7, 11) is -4.22. The highest BCUT2D eigenvalue weighted by molar-refractivity contribution is 7.92. The van der Waals surface area contributed by atoms with E-state index >= 15 is 0 Å². The lowest BCUT2D eigenvalue weighted by atomic mass is 10.1. The second-order valence-corrected chi connectivity index (χ2v) is 11.8. The van der Waals surface area contributed by atoms with E-state index in [9.17, 15) is 22.4 Å². The monoisotopic (exact) mass is 587 g/mol. The van der Waals surface area contributed by atoms with Gasteiger partial charge in [-0.25, -0.2) is 12.8 Å². The lowest BCUT2D eigenvalue weighted by Gasteiger charge is -2.33. The quantitative estimate of drug-likeness (QED) is 0.260. The molecule has 40 heavy (non-hydrogen) atoms. The van der Waals surface area contributed by atoms with Gasteiger partial charge in [0, 0.05) is 18.1 Å². The smallest absolute Gasteiger partial charge is 0.264 e. The number of hydrogen-bond donors (Lipinski definition) is 1. The predicted molar refractivity (Wildman–Crippen MR) is 156 cm³/mol. The van der Waals surface area contributed by atoms with Crippen molar-refractivity contribution in [2.45, 2.75) is 57.5 Å². The first-order chi connectivity index (χ1) is 19.1. The molecule has 3 rings (SSSR count). The number of amides is 2. The van der Waals surface area contributed by atoms with Gasteiger partial charge in [0.25, 0.3) is 10.0 Å². The fourth-order valence-corrected chi connectivity index (χ4v) is 5.73. The molecule has 0 aliphatic rings. The molecular formula is C30H35ClFN3O4S. The Kier molecular flexibility index (Phi) is 11.1. The van der Waals surface area contributed by atoms with Gasteiger partial charge in [0.15, 0.2) is 0 Å². The third-order valence-electron chi connectivity index (χ3n) is 6.48. The standard InChI is InChI=1S/C30H35ClFN3O4S/c1-4-6-19-33-30(37)28(5-2)34(20-23-9-11-24(31)12-10-23)29(36)21-35(26-15-13-25(32)14-16-26)40(38,39)27-17-7-22(3)8-18-27/h7-18,28H,4-6,19-21H2,1-3H3,(H,33,37)/t28-/m0/s1. The minimum Gasteiger partial charge on any atom is -0.354 e. The first-order valence-electron chi connectivity index (χ1n) is 13.2. The number of nitrogens with one attached hydrogen (secondary N) is 1. The van der Waals surface area contributed by atoms with Crippen LogP contribution < -0.4 is 9.62 Å². The van der Waals surface area contributed by atoms with Gasteiger partial charge < -0.3 is 10.2 Å². The van der Waals surface area contributed by atoms with Crippen LogP contribution >= 0.6 is 11.6 Å². The van der Waals surface area contributed by atoms with Crippen molar-refractivity contribution in [3.8, 4) is 0 Å². The highest BCUT2D eigenvalue weighted by Gasteiger charge is 2.33. The van der Waals surface area contributed by atoms with Crippen molar-refractivity contribution in [3.63, 3.8) is 0 Å². The van der Waals surface area contributed by atoms with Gasteiger partial charge >= 0.3 is 0 Å². The van der Waals surface area contributed by atoms with Crippen LogP contribution in [0.2, 0.25) is 5.02 Å². The van der Waals surface area contributed by atoms with Gasteiger partial charge in [-0.2, -0.15) is 0 Å². The van der Waals surface area contributed by atoms with Gasteiger partial charge in [0.05, 0.1) is 10.6 Å². The highest BCUT2D eigenvalue weighted by Crippen LogP contribution is 2.25. The zero-order valence-electron chi connectivity index (χ0n) is 22.9. The maximum atomic E-state index is 14.0. The largest absolute Gasteiger partial charge is 0.354 e. The molecule has 0 heterocycles. The number of carbonyl (C=O) groups is 2. The van der Waals surface area contributed by atoms with E-state index in [1.165, 1.54) is 29.2 Å². The molecule has 0 saturated carbocycles. The number of unbranched alkanes of at least 4 members (excludes halogenated alkanes) is 1. The molecule has 3 aromatic carbocycles. The first-order valence-corrected chi connectivity index (χ1v) is 15.0. The van der Waals surface area contributed by atoms with Gasteiger partial charge in [-0.1, -0.05) is 61.7 Å². The number of carbonyl (C=O) groups excluding carboxylic acids is 2. The summed E-state index contributed by atoms with van der Waals surface area (Å²) in [4.78, 5) is 28.5. The second kappa shape index (κ2) is 14.3. The number of halogens is 2. The fraction of sp³-hybridized carbons (Fsp3) is 0.333. The molecule has 2 amide bonds. The minimum absolute atomic E-state index is 0.0103. The van der Waals surface area contributed by atoms with E-state index in [0.29, 0.717) is 18.0 Å². The van der Waals surface area contributed by atoms with Crippen LogP contribution in [0.4, 0.5) is 10.1 Å². The maximum absolute atomic E-state index is 14.0. The average Bonchev–Trinajstić information content (AvgIpc) is 2.93. The summed E-state index contributed by atoms with van der Waals surface area (Å²) in [6, 6.07) is 17.2. The third kappa shape index (κ3) is 8.05. The summed E-state index contributed by atoms with van der Waals surface area (Å²) in [6.45, 7) is 5.60. The molecular weight excluding hydrogens is 553 g/mol. The van der Waals surface area contributed by atoms with Gasteiger partial charge in [-0.3, -0.25) is 13.9 Å². The molecule has 1 N–H and O–H groups in total. The maximum Gasteiger partial charge on any atom is 0.264 e. The Labute approximate surface area is 241 Å². The Balaban J connectivity index is 2.02. The predicted octanol–water partition coefficient (Wildman–Crippen LogP) is 5.71. The SMILES string of the molecule is CCCCNC(=O)[C@H](CC)N(Cc1ccc(Cl)cc1)C(=O)CN(c1ccc(F)cc1)S(=O)(=O)c1ccc(C)cc1. The molecule has 0 saturated heterocycles. The molecule has 0 fully saturated rings. The number of anilines is 1. The van der Waals surface area contributed by atoms with Crippen LogP contribution in [0.5, 0.6) is 0 Å². The Morgan fingerprint density at radius 3 is 2.15 bits per heavy atom. The van der Waals surface area contributed by atoms with E-state index in [1.807, 2.05) is 13.8 Å². The Hall–Kier alpha value is -3.43. The van der Waals surface area contributed by atoms with Crippen molar-refractivity contribution < 1.29 is 22.4 Å². The molecule has 1 atom stereocenters. The minimum atomic E-state index is -4.22. The number of rotatable bonds is 13. The van der Waals surface area contributed by atoms with Crippen molar-refractivity contribution in [2.75, 3.05) is 17.4 Å². The Morgan fingerprint density at radius 1 is 0.950 bits per heavy atom. The van der Waals surface area contributed by atoms with E-state index in [1.54, 1.807) is 43.3 Å². The van der Waals surface area contributed by atoms with Crippen molar-refractivity contribution in [2.24, 2.45) is 0 Å². The zero-order chi connectivity index (χ0) is 29.3. The molecule has 7 nitrogen and oxygen atoms in total. The fourth-order valence-electron chi connectivity index (χ4n) is 4.19. The van der Waals surface area contributed by atoms with Gasteiger partial charge in [-0.05, 0) is 73.9 Å². The van der Waals surface area contributed by atoms with Crippen LogP contribution in [0.25, 0.3) is 0 Å². The average molecular weight is 588 g/mol. The van der Waals surface area contributed by atoms with Gasteiger partial charge in [-0.15, -0.1) is 0 Å². The molecule has 0 spiro atoms. The van der Waals surface area contributed by atoms with Crippen LogP contribution in [0.15, 0.2) is 77.7 Å². The summed E-state index contributed by atoms with van der Waals surface area (Å²) in [5.41, 5.74) is 1.73. The Bertz CT molecular complexity index is 1380. The number of aryl methyl sites for hydroxylation is 1. The second-order valence-electron chi connectivity index (χ2n) is 9.52. The summed E-state index contributed by atoms with van der Waals surface area (Å²) < 4.78 is 42.3. The number of benzene rings is 3. The zero-order valence-corrected chi connectivity index (χ0v) is 24.5. The molecule has 0 bridgehead atoms. The molecule has 3 aromatic rings. The lowest BCUT2D eigenvalue weighted by molar-refractivity contribution is -0.140. The molecule has 10 heteroatoms. The third-order valence-corrected chi connectivity index (χ3v) is 8.52. The summed E-state index contributed by atoms with van der Waals surface area (Å²) in [5.74, 6) is -1.43. The number of nitrogens with zero attached hydrogens (tertiary/aromatic N) is 2. The topological polar surface area (TPSA) is 86.8 Å². The Morgan fingerprint density at radius 2 is 1.57 bits per heavy atom. The van der Waals surface area contributed by atoms with Crippen LogP contribution in [-0.2, 0) is 26.2 Å². The van der Waals surface area contributed by atoms with Crippen molar-refractivity contribution >= 4 is 39.1 Å². The highest BCUT2D eigenvalue weighted by atomic mass is 35.5. The molecule has 0 aliphatic carbocycles. The summed E-state index contributed by atoms with van der Waals surface area (Å²) in [5, 5.41) is 3.42. The molecule has 0 aromatic heterocycles. The van der Waals surface area contributed by atoms with E-state index < -0.39 is 34.3 Å². The lowest BCUT2D eigenvalue weighted by Crippen LogP contribution is -2.52. The first kappa shape index (κ1) is 31.1. The molecule has 0 aliphatic heterocycles. The normalized spacial score (nSPS) is 12.0. The van der Waals surface area contributed by atoms with Crippen LogP contribution in [-0.4, -0.2) is 44.3 Å². The van der Waals surface area contributed by atoms with E-state index in [0.717, 1.165) is 40.4 Å². The van der Waals surface area contributed by atoms with Gasteiger partial charge in [0.2, 0.25) is 11.8 Å². The van der Waals surface area contributed by atoms with Crippen molar-refractivity contribution in [3.05, 3.63) is 94.8 Å². The number of hydrogen-bond acceptors (Lipinski definition) is 4. The summed E-state index contributed by atoms with van der Waals surface area (Å²) >= 11 is 6.04. The molecule has 0 unspecified atom stereocenters. The number of sulfonamides is 1. The van der Waals surface area contributed by atoms with Crippen molar-refractivity contribution in [1.29, 1.82) is 0 Å². The molecule has 214 valence electrons. The van der Waals surface area contributed by atoms with Gasteiger partial charge in [0.1, 0.15) is 18.4 Å². The van der Waals surface area contributed by atoms with Crippen LogP contribution in [0, 0.1) is 12.7 Å². The van der Waals surface area contributed by atoms with E-state index in [-0.39, 0.29) is 23.0 Å². The van der Waals surface area contributed by atoms with E-state index in [2.05, 4.69) is 5.32 Å². The molecule has 0 radical (unpaired) electrons. The van der Waals surface area contributed by atoms with Crippen LogP contribution in [0.3, 0.4) is 0 Å². The van der Waals surface area contributed by atoms with Crippen molar-refractivity contribution in [1.82, 2.24) is 10.2 Å².